The Labute approximate surface area is 137 Å². The molecular weight excluding hydrogens is 302 g/mol. The van der Waals surface area contributed by atoms with E-state index in [0.29, 0.717) is 6.04 Å². The van der Waals surface area contributed by atoms with Crippen molar-refractivity contribution in [3.8, 4) is 0 Å². The summed E-state index contributed by atoms with van der Waals surface area (Å²) < 4.78 is 6.17. The normalized spacial score (nSPS) is 26.7. The highest BCUT2D eigenvalue weighted by atomic mass is 35.5. The molecule has 1 unspecified atom stereocenters. The van der Waals surface area contributed by atoms with Gasteiger partial charge in [0.15, 0.2) is 0 Å². The molecule has 2 heterocycles. The summed E-state index contributed by atoms with van der Waals surface area (Å²) in [4.78, 5) is 0. The molecule has 2 saturated heterocycles. The van der Waals surface area contributed by atoms with E-state index in [4.69, 9.17) is 16.3 Å². The Bertz CT molecular complexity index is 470. The Morgan fingerprint density at radius 2 is 2.10 bits per heavy atom. The largest absolute Gasteiger partial charge is 0.375 e. The first-order valence-corrected chi connectivity index (χ1v) is 9.44. The molecule has 1 N–H and O–H groups in total. The van der Waals surface area contributed by atoms with Crippen molar-refractivity contribution >= 4 is 23.4 Å². The fourth-order valence-corrected chi connectivity index (χ4v) is 5.07. The summed E-state index contributed by atoms with van der Waals surface area (Å²) in [5.74, 6) is 2.49. The number of thioether (sulfide) groups is 1. The summed E-state index contributed by atoms with van der Waals surface area (Å²) in [5.41, 5.74) is 1.33. The topological polar surface area (TPSA) is 21.3 Å². The van der Waals surface area contributed by atoms with E-state index in [1.165, 1.54) is 29.9 Å². The maximum Gasteiger partial charge on any atom is 0.0713 e. The predicted molar refractivity (Wildman–Crippen MR) is 91.3 cm³/mol. The zero-order valence-electron chi connectivity index (χ0n) is 12.6. The van der Waals surface area contributed by atoms with Crippen molar-refractivity contribution < 1.29 is 4.74 Å². The van der Waals surface area contributed by atoms with Gasteiger partial charge in [0.25, 0.3) is 0 Å². The van der Waals surface area contributed by atoms with Crippen LogP contribution in [0.4, 0.5) is 0 Å². The minimum absolute atomic E-state index is 0.140. The van der Waals surface area contributed by atoms with E-state index >= 15 is 0 Å². The zero-order valence-corrected chi connectivity index (χ0v) is 14.2. The van der Waals surface area contributed by atoms with E-state index in [0.717, 1.165) is 24.5 Å². The smallest absolute Gasteiger partial charge is 0.0713 e. The van der Waals surface area contributed by atoms with Gasteiger partial charge in [-0.2, -0.15) is 11.8 Å². The molecule has 0 aliphatic carbocycles. The second kappa shape index (κ2) is 6.91. The van der Waals surface area contributed by atoms with Gasteiger partial charge in [0.1, 0.15) is 0 Å². The quantitative estimate of drug-likeness (QED) is 0.888. The van der Waals surface area contributed by atoms with Gasteiger partial charge in [0.2, 0.25) is 0 Å². The first-order valence-electron chi connectivity index (χ1n) is 7.91. The Morgan fingerprint density at radius 3 is 2.86 bits per heavy atom. The zero-order chi connectivity index (χ0) is 14.7. The fraction of sp³-hybridized carbons (Fsp3) is 0.647. The van der Waals surface area contributed by atoms with Crippen LogP contribution in [-0.4, -0.2) is 29.8 Å². The van der Waals surface area contributed by atoms with Gasteiger partial charge in [-0.15, -0.1) is 0 Å². The van der Waals surface area contributed by atoms with Crippen LogP contribution in [0.3, 0.4) is 0 Å². The average Bonchev–Trinajstić information content (AvgIpc) is 2.48. The molecule has 1 aromatic rings. The van der Waals surface area contributed by atoms with Crippen molar-refractivity contribution in [1.82, 2.24) is 5.32 Å². The van der Waals surface area contributed by atoms with Crippen molar-refractivity contribution in [3.05, 3.63) is 34.9 Å². The van der Waals surface area contributed by atoms with E-state index in [1.54, 1.807) is 0 Å². The van der Waals surface area contributed by atoms with Gasteiger partial charge in [-0.1, -0.05) is 29.8 Å². The number of rotatable bonds is 3. The first kappa shape index (κ1) is 15.7. The van der Waals surface area contributed by atoms with Crippen LogP contribution in [0.2, 0.25) is 5.02 Å². The van der Waals surface area contributed by atoms with Gasteiger partial charge in [0, 0.05) is 23.7 Å². The molecular formula is C17H24ClNOS. The molecule has 2 aliphatic heterocycles. The minimum atomic E-state index is 0.140. The Hall–Kier alpha value is -0.220. The molecule has 0 aromatic heterocycles. The number of halogens is 1. The van der Waals surface area contributed by atoms with E-state index < -0.39 is 0 Å². The standard InChI is InChI=1S/C17H24ClNOS/c1-13(15-4-2-3-5-16(15)18)19-14-6-9-20-17(12-14)7-10-21-11-8-17/h2-5,13-14,19H,6-12H2,1H3/t13-,14?/m0/s1. The fourth-order valence-electron chi connectivity index (χ4n) is 3.53. The molecule has 3 rings (SSSR count). The second-order valence-electron chi connectivity index (χ2n) is 6.24. The van der Waals surface area contributed by atoms with Crippen LogP contribution < -0.4 is 5.32 Å². The summed E-state index contributed by atoms with van der Waals surface area (Å²) >= 11 is 8.37. The third kappa shape index (κ3) is 3.76. The molecule has 0 bridgehead atoms. The Morgan fingerprint density at radius 1 is 1.33 bits per heavy atom. The van der Waals surface area contributed by atoms with Crippen molar-refractivity contribution in [2.24, 2.45) is 0 Å². The minimum Gasteiger partial charge on any atom is -0.375 e. The van der Waals surface area contributed by atoms with Crippen molar-refractivity contribution in [2.45, 2.75) is 50.3 Å². The monoisotopic (exact) mass is 325 g/mol. The molecule has 0 radical (unpaired) electrons. The highest BCUT2D eigenvalue weighted by Crippen LogP contribution is 2.38. The van der Waals surface area contributed by atoms with E-state index in [1.807, 2.05) is 12.1 Å². The lowest BCUT2D eigenvalue weighted by Crippen LogP contribution is -2.49. The highest BCUT2D eigenvalue weighted by molar-refractivity contribution is 7.99. The van der Waals surface area contributed by atoms with Crippen LogP contribution in [0.5, 0.6) is 0 Å². The molecule has 116 valence electrons. The van der Waals surface area contributed by atoms with Gasteiger partial charge in [-0.05, 0) is 55.7 Å². The van der Waals surface area contributed by atoms with E-state index in [2.05, 4.69) is 36.1 Å². The molecule has 2 fully saturated rings. The average molecular weight is 326 g/mol. The summed E-state index contributed by atoms with van der Waals surface area (Å²) in [6.45, 7) is 3.09. The first-order chi connectivity index (χ1) is 10.2. The molecule has 0 amide bonds. The third-order valence-electron chi connectivity index (χ3n) is 4.75. The van der Waals surface area contributed by atoms with Gasteiger partial charge < -0.3 is 10.1 Å². The van der Waals surface area contributed by atoms with Crippen LogP contribution in [0.15, 0.2) is 24.3 Å². The van der Waals surface area contributed by atoms with Crippen molar-refractivity contribution in [2.75, 3.05) is 18.1 Å². The molecule has 1 aromatic carbocycles. The van der Waals surface area contributed by atoms with Crippen molar-refractivity contribution in [1.29, 1.82) is 0 Å². The molecule has 2 aliphatic rings. The Kier molecular flexibility index (Phi) is 5.15. The number of hydrogen-bond acceptors (Lipinski definition) is 3. The Balaban J connectivity index is 1.63. The maximum atomic E-state index is 6.31. The van der Waals surface area contributed by atoms with Crippen LogP contribution in [0, 0.1) is 0 Å². The van der Waals surface area contributed by atoms with Crippen molar-refractivity contribution in [3.63, 3.8) is 0 Å². The SMILES string of the molecule is C[C@H](NC1CCOC2(CCSCC2)C1)c1ccccc1Cl. The van der Waals surface area contributed by atoms with Gasteiger partial charge in [-0.25, -0.2) is 0 Å². The summed E-state index contributed by atoms with van der Waals surface area (Å²) in [5, 5.41) is 4.63. The molecule has 21 heavy (non-hydrogen) atoms. The lowest BCUT2D eigenvalue weighted by atomic mass is 9.85. The van der Waals surface area contributed by atoms with Gasteiger partial charge >= 0.3 is 0 Å². The molecule has 4 heteroatoms. The lowest BCUT2D eigenvalue weighted by molar-refractivity contribution is -0.0940. The van der Waals surface area contributed by atoms with E-state index in [9.17, 15) is 0 Å². The summed E-state index contributed by atoms with van der Waals surface area (Å²) in [7, 11) is 0. The number of nitrogens with one attached hydrogen (secondary N) is 1. The lowest BCUT2D eigenvalue weighted by Gasteiger charge is -2.44. The highest BCUT2D eigenvalue weighted by Gasteiger charge is 2.39. The number of hydrogen-bond donors (Lipinski definition) is 1. The number of ether oxygens (including phenoxy) is 1. The van der Waals surface area contributed by atoms with Gasteiger partial charge in [-0.3, -0.25) is 0 Å². The predicted octanol–water partition coefficient (Wildman–Crippen LogP) is 4.44. The summed E-state index contributed by atoms with van der Waals surface area (Å²) in [6.07, 6.45) is 4.65. The van der Waals surface area contributed by atoms with Crippen LogP contribution in [-0.2, 0) is 4.74 Å². The maximum absolute atomic E-state index is 6.31. The number of benzene rings is 1. The third-order valence-corrected chi connectivity index (χ3v) is 6.08. The molecule has 2 atom stereocenters. The molecule has 1 spiro atoms. The van der Waals surface area contributed by atoms with Crippen LogP contribution in [0.25, 0.3) is 0 Å². The second-order valence-corrected chi connectivity index (χ2v) is 7.88. The van der Waals surface area contributed by atoms with E-state index in [-0.39, 0.29) is 11.6 Å². The molecule has 0 saturated carbocycles. The molecule has 2 nitrogen and oxygen atoms in total. The van der Waals surface area contributed by atoms with Crippen LogP contribution in [0.1, 0.15) is 44.2 Å². The van der Waals surface area contributed by atoms with Gasteiger partial charge in [0.05, 0.1) is 5.60 Å². The van der Waals surface area contributed by atoms with Crippen LogP contribution >= 0.6 is 23.4 Å². The summed E-state index contributed by atoms with van der Waals surface area (Å²) in [6, 6.07) is 8.96.